The van der Waals surface area contributed by atoms with Crippen LogP contribution in [0.15, 0.2) is 33.8 Å². The van der Waals surface area contributed by atoms with Crippen LogP contribution >= 0.6 is 0 Å². The van der Waals surface area contributed by atoms with Crippen molar-refractivity contribution in [3.05, 3.63) is 58.3 Å². The van der Waals surface area contributed by atoms with Gasteiger partial charge in [0.05, 0.1) is 11.3 Å². The first-order valence-corrected chi connectivity index (χ1v) is 8.17. The van der Waals surface area contributed by atoms with E-state index in [4.69, 9.17) is 4.42 Å². The van der Waals surface area contributed by atoms with E-state index in [1.807, 2.05) is 13.8 Å². The normalized spacial score (nSPS) is 17.0. The number of hydrogen-bond donors (Lipinski definition) is 2. The minimum atomic E-state index is -1.15. The molecule has 26 heavy (non-hydrogen) atoms. The topological polar surface area (TPSA) is 91.9 Å². The third-order valence-corrected chi connectivity index (χ3v) is 4.40. The molecule has 1 aliphatic carbocycles. The van der Waals surface area contributed by atoms with Crippen LogP contribution in [0.5, 0.6) is 0 Å². The number of carbonyl (C=O) groups is 2. The quantitative estimate of drug-likeness (QED) is 0.821. The average Bonchev–Trinajstić information content (AvgIpc) is 2.88. The number of carboxylic acids is 1. The highest BCUT2D eigenvalue weighted by Crippen LogP contribution is 2.38. The molecule has 1 aromatic carbocycles. The maximum absolute atomic E-state index is 13.7. The molecule has 1 amide bonds. The Morgan fingerprint density at radius 3 is 2.62 bits per heavy atom. The second kappa shape index (κ2) is 6.40. The van der Waals surface area contributed by atoms with Gasteiger partial charge < -0.3 is 9.52 Å². The molecule has 0 radical (unpaired) electrons. The second-order valence-electron chi connectivity index (χ2n) is 7.16. The van der Waals surface area contributed by atoms with E-state index < -0.39 is 17.7 Å². The molecule has 2 N–H and O–H groups in total. The molecule has 0 unspecified atom stereocenters. The fraction of sp³-hybridized carbons (Fsp3) is 0.316. The van der Waals surface area contributed by atoms with Crippen molar-refractivity contribution in [3.8, 4) is 0 Å². The summed E-state index contributed by atoms with van der Waals surface area (Å²) < 4.78 is 19.3. The van der Waals surface area contributed by atoms with Crippen LogP contribution in [0.1, 0.15) is 58.1 Å². The van der Waals surface area contributed by atoms with Gasteiger partial charge in [-0.25, -0.2) is 14.6 Å². The van der Waals surface area contributed by atoms with Crippen molar-refractivity contribution in [1.82, 2.24) is 5.43 Å². The van der Waals surface area contributed by atoms with Crippen molar-refractivity contribution in [3.63, 3.8) is 0 Å². The van der Waals surface area contributed by atoms with Gasteiger partial charge in [-0.1, -0.05) is 26.0 Å². The molecule has 7 heteroatoms. The smallest absolute Gasteiger partial charge is 0.372 e. The number of halogens is 1. The van der Waals surface area contributed by atoms with Crippen molar-refractivity contribution in [2.24, 2.45) is 10.5 Å². The molecule has 0 saturated carbocycles. The van der Waals surface area contributed by atoms with Gasteiger partial charge in [-0.05, 0) is 30.9 Å². The Morgan fingerprint density at radius 2 is 1.96 bits per heavy atom. The number of hydrogen-bond acceptors (Lipinski definition) is 4. The van der Waals surface area contributed by atoms with Gasteiger partial charge in [0.2, 0.25) is 5.76 Å². The molecule has 6 nitrogen and oxygen atoms in total. The number of carboxylic acid groups (broad SMARTS) is 1. The standard InChI is InChI=1S/C19H19FN2O4/c1-10-15-13(21-22-17(23)11-6-4-5-7-12(11)20)8-19(2,3)9-14(15)26-16(10)18(24)25/h4-7H,8-9H2,1-3H3,(H,22,23)(H,24,25)/b21-13+. The molecule has 0 spiro atoms. The first-order chi connectivity index (χ1) is 12.2. The number of hydrazone groups is 1. The van der Waals surface area contributed by atoms with Crippen molar-refractivity contribution < 1.29 is 23.5 Å². The van der Waals surface area contributed by atoms with E-state index in [0.717, 1.165) is 0 Å². The van der Waals surface area contributed by atoms with Gasteiger partial charge >= 0.3 is 5.97 Å². The zero-order valence-corrected chi connectivity index (χ0v) is 14.7. The summed E-state index contributed by atoms with van der Waals surface area (Å²) in [6.45, 7) is 5.66. The van der Waals surface area contributed by atoms with Crippen LogP contribution in [0, 0.1) is 18.2 Å². The number of rotatable bonds is 3. The highest BCUT2D eigenvalue weighted by atomic mass is 19.1. The summed E-state index contributed by atoms with van der Waals surface area (Å²) in [7, 11) is 0. The summed E-state index contributed by atoms with van der Waals surface area (Å²) in [5.41, 5.74) is 3.65. The Balaban J connectivity index is 1.97. The molecule has 3 rings (SSSR count). The van der Waals surface area contributed by atoms with Gasteiger partial charge in [0, 0.05) is 17.5 Å². The van der Waals surface area contributed by atoms with E-state index in [-0.39, 0.29) is 16.7 Å². The van der Waals surface area contributed by atoms with Crippen molar-refractivity contribution in [1.29, 1.82) is 0 Å². The molecule has 2 aromatic rings. The number of fused-ring (bicyclic) bond motifs is 1. The second-order valence-corrected chi connectivity index (χ2v) is 7.16. The van der Waals surface area contributed by atoms with Crippen LogP contribution in [0.25, 0.3) is 0 Å². The van der Waals surface area contributed by atoms with E-state index in [0.29, 0.717) is 35.4 Å². The number of carbonyl (C=O) groups excluding carboxylic acids is 1. The van der Waals surface area contributed by atoms with Crippen molar-refractivity contribution in [2.45, 2.75) is 33.6 Å². The highest BCUT2D eigenvalue weighted by molar-refractivity contribution is 6.07. The lowest BCUT2D eigenvalue weighted by atomic mass is 9.75. The molecule has 0 aliphatic heterocycles. The van der Waals surface area contributed by atoms with E-state index in [2.05, 4.69) is 10.5 Å². The number of amides is 1. The summed E-state index contributed by atoms with van der Waals surface area (Å²) in [5, 5.41) is 13.5. The number of nitrogens with one attached hydrogen (secondary N) is 1. The summed E-state index contributed by atoms with van der Waals surface area (Å²) in [6.07, 6.45) is 1.09. The molecule has 1 aliphatic rings. The Kier molecular flexibility index (Phi) is 4.39. The molecule has 0 atom stereocenters. The van der Waals surface area contributed by atoms with Crippen LogP contribution in [0.4, 0.5) is 4.39 Å². The van der Waals surface area contributed by atoms with Gasteiger partial charge in [-0.15, -0.1) is 0 Å². The monoisotopic (exact) mass is 358 g/mol. The fourth-order valence-corrected chi connectivity index (χ4v) is 3.24. The Morgan fingerprint density at radius 1 is 1.27 bits per heavy atom. The predicted molar refractivity (Wildman–Crippen MR) is 92.9 cm³/mol. The first kappa shape index (κ1) is 17.8. The number of aromatic carboxylic acids is 1. The minimum Gasteiger partial charge on any atom is -0.475 e. The van der Waals surface area contributed by atoms with Gasteiger partial charge in [0.25, 0.3) is 5.91 Å². The van der Waals surface area contributed by atoms with Crippen LogP contribution in [-0.4, -0.2) is 22.7 Å². The summed E-state index contributed by atoms with van der Waals surface area (Å²) in [5.74, 6) is -2.04. The van der Waals surface area contributed by atoms with Crippen LogP contribution in [-0.2, 0) is 6.42 Å². The number of nitrogens with zero attached hydrogens (tertiary/aromatic N) is 1. The Hall–Kier alpha value is -2.96. The van der Waals surface area contributed by atoms with Crippen LogP contribution < -0.4 is 5.43 Å². The largest absolute Gasteiger partial charge is 0.475 e. The summed E-state index contributed by atoms with van der Waals surface area (Å²) in [6, 6.07) is 5.62. The molecular weight excluding hydrogens is 339 g/mol. The molecule has 0 saturated heterocycles. The summed E-state index contributed by atoms with van der Waals surface area (Å²) >= 11 is 0. The number of furan rings is 1. The molecule has 1 aromatic heterocycles. The Bertz CT molecular complexity index is 928. The molecule has 0 bridgehead atoms. The van der Waals surface area contributed by atoms with E-state index in [9.17, 15) is 19.1 Å². The zero-order valence-electron chi connectivity index (χ0n) is 14.7. The molecule has 0 fully saturated rings. The molecule has 1 heterocycles. The van der Waals surface area contributed by atoms with Gasteiger partial charge in [-0.2, -0.15) is 5.10 Å². The lowest BCUT2D eigenvalue weighted by Gasteiger charge is -2.29. The van der Waals surface area contributed by atoms with E-state index in [1.165, 1.54) is 18.2 Å². The molecular formula is C19H19FN2O4. The lowest BCUT2D eigenvalue weighted by molar-refractivity contribution is 0.0657. The Labute approximate surface area is 149 Å². The highest BCUT2D eigenvalue weighted by Gasteiger charge is 2.36. The molecule has 136 valence electrons. The lowest BCUT2D eigenvalue weighted by Crippen LogP contribution is -2.29. The average molecular weight is 358 g/mol. The minimum absolute atomic E-state index is 0.109. The van der Waals surface area contributed by atoms with Gasteiger partial charge in [-0.3, -0.25) is 4.79 Å². The third kappa shape index (κ3) is 3.24. The predicted octanol–water partition coefficient (Wildman–Crippen LogP) is 3.53. The summed E-state index contributed by atoms with van der Waals surface area (Å²) in [4.78, 5) is 23.6. The zero-order chi connectivity index (χ0) is 19.1. The SMILES string of the molecule is Cc1c(C(=O)O)oc2c1/C(=N/NC(=O)c1ccccc1F)CC(C)(C)C2. The number of benzene rings is 1. The fourth-order valence-electron chi connectivity index (χ4n) is 3.24. The van der Waals surface area contributed by atoms with Crippen LogP contribution in [0.3, 0.4) is 0 Å². The van der Waals surface area contributed by atoms with Crippen LogP contribution in [0.2, 0.25) is 0 Å². The third-order valence-electron chi connectivity index (χ3n) is 4.40. The van der Waals surface area contributed by atoms with E-state index in [1.54, 1.807) is 13.0 Å². The van der Waals surface area contributed by atoms with Crippen molar-refractivity contribution in [2.75, 3.05) is 0 Å². The first-order valence-electron chi connectivity index (χ1n) is 8.17. The van der Waals surface area contributed by atoms with E-state index >= 15 is 0 Å². The maximum Gasteiger partial charge on any atom is 0.372 e. The maximum atomic E-state index is 13.7. The van der Waals surface area contributed by atoms with Gasteiger partial charge in [0.15, 0.2) is 0 Å². The van der Waals surface area contributed by atoms with Gasteiger partial charge in [0.1, 0.15) is 11.6 Å². The van der Waals surface area contributed by atoms with Crippen molar-refractivity contribution >= 4 is 17.6 Å².